The van der Waals surface area contributed by atoms with E-state index in [9.17, 15) is 0 Å². The Bertz CT molecular complexity index is 449. The highest BCUT2D eigenvalue weighted by atomic mass is 14.9. The Labute approximate surface area is 102 Å². The van der Waals surface area contributed by atoms with Gasteiger partial charge >= 0.3 is 0 Å². The topological polar surface area (TPSA) is 37.8 Å². The number of pyridine rings is 2. The molecule has 2 rings (SSSR count). The largest absolute Gasteiger partial charge is 0.306 e. The zero-order valence-electron chi connectivity index (χ0n) is 10.3. The lowest BCUT2D eigenvalue weighted by atomic mass is 10.3. The molecule has 0 fully saturated rings. The van der Waals surface area contributed by atoms with Gasteiger partial charge in [-0.05, 0) is 38.1 Å². The van der Waals surface area contributed by atoms with Gasteiger partial charge in [0.1, 0.15) is 0 Å². The normalized spacial score (nSPS) is 10.5. The first-order valence-electron chi connectivity index (χ1n) is 5.80. The molecule has 0 aromatic carbocycles. The zero-order chi connectivity index (χ0) is 12.1. The van der Waals surface area contributed by atoms with E-state index in [1.54, 1.807) is 0 Å². The molecule has 17 heavy (non-hydrogen) atoms. The van der Waals surface area contributed by atoms with E-state index in [0.29, 0.717) is 0 Å². The standard InChI is InChI=1S/C14H17N3/c1-11-5-3-7-13(16-11)9-15-10-14-8-4-6-12(2)17-14/h3-8,15H,9-10H2,1-2H3. The fourth-order valence-electron chi connectivity index (χ4n) is 1.71. The van der Waals surface area contributed by atoms with E-state index in [-0.39, 0.29) is 0 Å². The molecule has 0 bridgehead atoms. The average molecular weight is 227 g/mol. The van der Waals surface area contributed by atoms with Gasteiger partial charge in [-0.1, -0.05) is 12.1 Å². The summed E-state index contributed by atoms with van der Waals surface area (Å²) in [6, 6.07) is 12.1. The van der Waals surface area contributed by atoms with Crippen LogP contribution in [0.25, 0.3) is 0 Å². The summed E-state index contributed by atoms with van der Waals surface area (Å²) in [5.74, 6) is 0. The summed E-state index contributed by atoms with van der Waals surface area (Å²) in [7, 11) is 0. The number of aromatic nitrogens is 2. The smallest absolute Gasteiger partial charge is 0.0544 e. The van der Waals surface area contributed by atoms with Crippen LogP contribution in [0.5, 0.6) is 0 Å². The highest BCUT2D eigenvalue weighted by molar-refractivity contribution is 5.11. The van der Waals surface area contributed by atoms with Crippen molar-refractivity contribution in [3.63, 3.8) is 0 Å². The van der Waals surface area contributed by atoms with Crippen molar-refractivity contribution in [1.82, 2.24) is 15.3 Å². The highest BCUT2D eigenvalue weighted by Crippen LogP contribution is 2.00. The van der Waals surface area contributed by atoms with Crippen molar-refractivity contribution in [1.29, 1.82) is 0 Å². The summed E-state index contributed by atoms with van der Waals surface area (Å²) < 4.78 is 0. The predicted molar refractivity (Wildman–Crippen MR) is 68.5 cm³/mol. The number of nitrogens with zero attached hydrogens (tertiary/aromatic N) is 2. The van der Waals surface area contributed by atoms with Gasteiger partial charge in [-0.3, -0.25) is 9.97 Å². The molecular formula is C14H17N3. The lowest BCUT2D eigenvalue weighted by Gasteiger charge is -2.05. The lowest BCUT2D eigenvalue weighted by molar-refractivity contribution is 0.664. The maximum absolute atomic E-state index is 4.44. The van der Waals surface area contributed by atoms with Crippen molar-refractivity contribution in [2.75, 3.05) is 0 Å². The van der Waals surface area contributed by atoms with Gasteiger partial charge in [-0.25, -0.2) is 0 Å². The van der Waals surface area contributed by atoms with E-state index in [1.165, 1.54) is 0 Å². The third-order valence-electron chi connectivity index (χ3n) is 2.50. The van der Waals surface area contributed by atoms with Gasteiger partial charge in [0.15, 0.2) is 0 Å². The van der Waals surface area contributed by atoms with Crippen LogP contribution in [0.3, 0.4) is 0 Å². The van der Waals surface area contributed by atoms with Gasteiger partial charge in [-0.2, -0.15) is 0 Å². The first-order chi connectivity index (χ1) is 8.24. The minimum Gasteiger partial charge on any atom is -0.306 e. The van der Waals surface area contributed by atoms with E-state index in [4.69, 9.17) is 0 Å². The van der Waals surface area contributed by atoms with Crippen LogP contribution < -0.4 is 5.32 Å². The monoisotopic (exact) mass is 227 g/mol. The van der Waals surface area contributed by atoms with E-state index < -0.39 is 0 Å². The molecule has 0 aliphatic heterocycles. The maximum atomic E-state index is 4.44. The van der Waals surface area contributed by atoms with Gasteiger partial charge < -0.3 is 5.32 Å². The quantitative estimate of drug-likeness (QED) is 0.871. The fraction of sp³-hybridized carbons (Fsp3) is 0.286. The molecule has 0 atom stereocenters. The Morgan fingerprint density at radius 3 is 1.71 bits per heavy atom. The minimum absolute atomic E-state index is 0.775. The molecule has 0 saturated carbocycles. The molecule has 2 aromatic rings. The second kappa shape index (κ2) is 5.55. The number of hydrogen-bond acceptors (Lipinski definition) is 3. The maximum Gasteiger partial charge on any atom is 0.0544 e. The first kappa shape index (κ1) is 11.7. The summed E-state index contributed by atoms with van der Waals surface area (Å²) in [4.78, 5) is 8.88. The van der Waals surface area contributed by atoms with Crippen molar-refractivity contribution in [3.8, 4) is 0 Å². The lowest BCUT2D eigenvalue weighted by Crippen LogP contribution is -2.14. The average Bonchev–Trinajstić information content (AvgIpc) is 2.29. The minimum atomic E-state index is 0.775. The van der Waals surface area contributed by atoms with E-state index in [0.717, 1.165) is 35.9 Å². The van der Waals surface area contributed by atoms with E-state index in [1.807, 2.05) is 50.2 Å². The second-order valence-electron chi connectivity index (χ2n) is 4.14. The molecule has 0 spiro atoms. The molecule has 0 saturated heterocycles. The Hall–Kier alpha value is -1.74. The van der Waals surface area contributed by atoms with Gasteiger partial charge in [0.25, 0.3) is 0 Å². The van der Waals surface area contributed by atoms with Crippen LogP contribution in [0, 0.1) is 13.8 Å². The molecule has 2 heterocycles. The second-order valence-corrected chi connectivity index (χ2v) is 4.14. The van der Waals surface area contributed by atoms with Gasteiger partial charge in [0.2, 0.25) is 0 Å². The summed E-state index contributed by atoms with van der Waals surface area (Å²) in [5, 5.41) is 3.35. The molecule has 0 radical (unpaired) electrons. The number of aryl methyl sites for hydroxylation is 2. The molecule has 88 valence electrons. The summed E-state index contributed by atoms with van der Waals surface area (Å²) >= 11 is 0. The SMILES string of the molecule is Cc1cccc(CNCc2cccc(C)n2)n1. The van der Waals surface area contributed by atoms with Crippen LogP contribution in [0.15, 0.2) is 36.4 Å². The van der Waals surface area contributed by atoms with Crippen LogP contribution in [0.1, 0.15) is 22.8 Å². The molecular weight excluding hydrogens is 210 g/mol. The third kappa shape index (κ3) is 3.64. The summed E-state index contributed by atoms with van der Waals surface area (Å²) in [5.41, 5.74) is 4.24. The zero-order valence-corrected chi connectivity index (χ0v) is 10.3. The predicted octanol–water partition coefficient (Wildman–Crippen LogP) is 2.38. The number of rotatable bonds is 4. The first-order valence-corrected chi connectivity index (χ1v) is 5.80. The summed E-state index contributed by atoms with van der Waals surface area (Å²) in [6.07, 6.45) is 0. The molecule has 2 aromatic heterocycles. The Morgan fingerprint density at radius 2 is 1.29 bits per heavy atom. The number of nitrogens with one attached hydrogen (secondary N) is 1. The Balaban J connectivity index is 1.87. The van der Waals surface area contributed by atoms with Crippen LogP contribution >= 0.6 is 0 Å². The molecule has 0 amide bonds. The van der Waals surface area contributed by atoms with Crippen molar-refractivity contribution in [3.05, 3.63) is 59.2 Å². The summed E-state index contributed by atoms with van der Waals surface area (Å²) in [6.45, 7) is 5.56. The van der Waals surface area contributed by atoms with Crippen molar-refractivity contribution < 1.29 is 0 Å². The van der Waals surface area contributed by atoms with Gasteiger partial charge in [0, 0.05) is 24.5 Å². The third-order valence-corrected chi connectivity index (χ3v) is 2.50. The highest BCUT2D eigenvalue weighted by Gasteiger charge is 1.97. The molecule has 0 aliphatic rings. The van der Waals surface area contributed by atoms with E-state index in [2.05, 4.69) is 15.3 Å². The van der Waals surface area contributed by atoms with E-state index >= 15 is 0 Å². The van der Waals surface area contributed by atoms with Crippen molar-refractivity contribution in [2.45, 2.75) is 26.9 Å². The Morgan fingerprint density at radius 1 is 0.824 bits per heavy atom. The van der Waals surface area contributed by atoms with Gasteiger partial charge in [0.05, 0.1) is 11.4 Å². The number of hydrogen-bond donors (Lipinski definition) is 1. The van der Waals surface area contributed by atoms with Crippen molar-refractivity contribution >= 4 is 0 Å². The molecule has 0 aliphatic carbocycles. The van der Waals surface area contributed by atoms with Gasteiger partial charge in [-0.15, -0.1) is 0 Å². The fourth-order valence-corrected chi connectivity index (χ4v) is 1.71. The molecule has 3 nitrogen and oxygen atoms in total. The van der Waals surface area contributed by atoms with Crippen LogP contribution in [0.2, 0.25) is 0 Å². The molecule has 0 unspecified atom stereocenters. The van der Waals surface area contributed by atoms with Crippen LogP contribution in [0.4, 0.5) is 0 Å². The Kier molecular flexibility index (Phi) is 3.83. The molecule has 1 N–H and O–H groups in total. The molecule has 3 heteroatoms. The van der Waals surface area contributed by atoms with Crippen LogP contribution in [-0.4, -0.2) is 9.97 Å². The van der Waals surface area contributed by atoms with Crippen LogP contribution in [-0.2, 0) is 13.1 Å². The van der Waals surface area contributed by atoms with Crippen molar-refractivity contribution in [2.24, 2.45) is 0 Å².